The Morgan fingerprint density at radius 1 is 1.23 bits per heavy atom. The van der Waals surface area contributed by atoms with Gasteiger partial charge in [0, 0.05) is 10.4 Å². The predicted octanol–water partition coefficient (Wildman–Crippen LogP) is 3.31. The van der Waals surface area contributed by atoms with Crippen molar-refractivity contribution >= 4 is 28.8 Å². The Kier molecular flexibility index (Phi) is 4.67. The molecular weight excluding hydrogens is 306 g/mol. The van der Waals surface area contributed by atoms with Crippen molar-refractivity contribution in [3.63, 3.8) is 0 Å². The molecule has 0 aliphatic rings. The molecule has 1 aromatic carbocycles. The fraction of sp³-hybridized carbons (Fsp3) is 0.200. The lowest BCUT2D eigenvalue weighted by molar-refractivity contribution is -0.385. The molecule has 0 spiro atoms. The van der Waals surface area contributed by atoms with Gasteiger partial charge in [-0.15, -0.1) is 11.3 Å². The second-order valence-electron chi connectivity index (χ2n) is 4.64. The molecule has 0 atom stereocenters. The van der Waals surface area contributed by atoms with E-state index < -0.39 is 17.5 Å². The standard InChI is InChI=1S/C15H13NO5S/c1-9-4-3-5-11(14(9)16(19)20)15(18)21-8-12(17)13-7-6-10(2)22-13/h3-7H,8H2,1-2H3. The summed E-state index contributed by atoms with van der Waals surface area (Å²) >= 11 is 1.30. The van der Waals surface area contributed by atoms with Gasteiger partial charge in [-0.1, -0.05) is 12.1 Å². The lowest BCUT2D eigenvalue weighted by atomic mass is 10.1. The number of para-hydroxylation sites is 1. The number of ether oxygens (including phenoxy) is 1. The fourth-order valence-corrected chi connectivity index (χ4v) is 2.72. The minimum Gasteiger partial charge on any atom is -0.453 e. The van der Waals surface area contributed by atoms with Crippen LogP contribution >= 0.6 is 11.3 Å². The summed E-state index contributed by atoms with van der Waals surface area (Å²) in [6.45, 7) is 2.96. The van der Waals surface area contributed by atoms with E-state index in [9.17, 15) is 19.7 Å². The van der Waals surface area contributed by atoms with E-state index in [2.05, 4.69) is 0 Å². The van der Waals surface area contributed by atoms with E-state index in [0.717, 1.165) is 4.88 Å². The first-order chi connectivity index (χ1) is 10.4. The van der Waals surface area contributed by atoms with Gasteiger partial charge in [0.05, 0.1) is 9.80 Å². The van der Waals surface area contributed by atoms with Crippen LogP contribution < -0.4 is 0 Å². The number of nitrogens with zero attached hydrogens (tertiary/aromatic N) is 1. The number of carbonyl (C=O) groups is 2. The summed E-state index contributed by atoms with van der Waals surface area (Å²) in [5, 5.41) is 11.0. The van der Waals surface area contributed by atoms with Crippen LogP contribution in [0.4, 0.5) is 5.69 Å². The van der Waals surface area contributed by atoms with E-state index in [-0.39, 0.29) is 17.0 Å². The highest BCUT2D eigenvalue weighted by atomic mass is 32.1. The van der Waals surface area contributed by atoms with E-state index in [1.165, 1.54) is 36.5 Å². The molecule has 1 aromatic heterocycles. The van der Waals surface area contributed by atoms with Crippen LogP contribution in [0.1, 0.15) is 30.5 Å². The van der Waals surface area contributed by atoms with Gasteiger partial charge in [0.15, 0.2) is 6.61 Å². The van der Waals surface area contributed by atoms with E-state index >= 15 is 0 Å². The van der Waals surface area contributed by atoms with E-state index in [4.69, 9.17) is 4.74 Å². The van der Waals surface area contributed by atoms with Gasteiger partial charge in [-0.25, -0.2) is 4.79 Å². The molecule has 0 aliphatic heterocycles. The lowest BCUT2D eigenvalue weighted by Gasteiger charge is -2.05. The van der Waals surface area contributed by atoms with Crippen LogP contribution in [0.25, 0.3) is 0 Å². The van der Waals surface area contributed by atoms with E-state index in [1.54, 1.807) is 12.1 Å². The second-order valence-corrected chi connectivity index (χ2v) is 5.93. The fourth-order valence-electron chi connectivity index (χ4n) is 1.93. The van der Waals surface area contributed by atoms with Crippen LogP contribution in [0, 0.1) is 24.0 Å². The number of benzene rings is 1. The summed E-state index contributed by atoms with van der Waals surface area (Å²) in [6, 6.07) is 7.83. The van der Waals surface area contributed by atoms with Crippen molar-refractivity contribution in [2.24, 2.45) is 0 Å². The summed E-state index contributed by atoms with van der Waals surface area (Å²) < 4.78 is 4.91. The molecule has 2 rings (SSSR count). The third-order valence-corrected chi connectivity index (χ3v) is 4.03. The number of Topliss-reactive ketones (excluding diaryl/α,β-unsaturated/α-hetero) is 1. The highest BCUT2D eigenvalue weighted by molar-refractivity contribution is 7.14. The van der Waals surface area contributed by atoms with Crippen LogP contribution in [0.2, 0.25) is 0 Å². The number of aryl methyl sites for hydroxylation is 2. The minimum absolute atomic E-state index is 0.153. The highest BCUT2D eigenvalue weighted by Crippen LogP contribution is 2.24. The first-order valence-corrected chi connectivity index (χ1v) is 7.22. The van der Waals surface area contributed by atoms with Crippen molar-refractivity contribution in [2.75, 3.05) is 6.61 Å². The zero-order valence-corrected chi connectivity index (χ0v) is 12.8. The van der Waals surface area contributed by atoms with Crippen LogP contribution in [-0.2, 0) is 4.74 Å². The molecule has 0 fully saturated rings. The molecule has 0 aliphatic carbocycles. The lowest BCUT2D eigenvalue weighted by Crippen LogP contribution is -2.15. The van der Waals surface area contributed by atoms with Crippen molar-refractivity contribution in [1.29, 1.82) is 0 Å². The van der Waals surface area contributed by atoms with E-state index in [0.29, 0.717) is 10.4 Å². The SMILES string of the molecule is Cc1ccc(C(=O)COC(=O)c2cccc(C)c2[N+](=O)[O-])s1. The number of ketones is 1. The normalized spacial score (nSPS) is 10.3. The molecule has 0 saturated carbocycles. The Hall–Kier alpha value is -2.54. The van der Waals surface area contributed by atoms with Crippen LogP contribution in [0.5, 0.6) is 0 Å². The van der Waals surface area contributed by atoms with Gasteiger partial charge in [0.2, 0.25) is 5.78 Å². The molecule has 1 heterocycles. The summed E-state index contributed by atoms with van der Waals surface area (Å²) in [6.07, 6.45) is 0. The second kappa shape index (κ2) is 6.48. The molecule has 6 nitrogen and oxygen atoms in total. The molecule has 0 saturated heterocycles. The topological polar surface area (TPSA) is 86.5 Å². The molecule has 2 aromatic rings. The Morgan fingerprint density at radius 2 is 1.95 bits per heavy atom. The minimum atomic E-state index is -0.878. The first-order valence-electron chi connectivity index (χ1n) is 6.41. The predicted molar refractivity (Wildman–Crippen MR) is 81.5 cm³/mol. The van der Waals surface area contributed by atoms with Crippen molar-refractivity contribution < 1.29 is 19.2 Å². The van der Waals surface area contributed by atoms with Crippen LogP contribution in [0.3, 0.4) is 0 Å². The molecule has 0 bridgehead atoms. The highest BCUT2D eigenvalue weighted by Gasteiger charge is 2.24. The summed E-state index contributed by atoms with van der Waals surface area (Å²) in [5.41, 5.74) is -0.0910. The van der Waals surface area contributed by atoms with Gasteiger partial charge in [-0.05, 0) is 32.0 Å². The number of hydrogen-bond donors (Lipinski definition) is 0. The molecule has 0 radical (unpaired) electrons. The number of hydrogen-bond acceptors (Lipinski definition) is 6. The van der Waals surface area contributed by atoms with Gasteiger partial charge in [-0.2, -0.15) is 0 Å². The monoisotopic (exact) mass is 319 g/mol. The van der Waals surface area contributed by atoms with Crippen LogP contribution in [0.15, 0.2) is 30.3 Å². The average Bonchev–Trinajstić information content (AvgIpc) is 2.90. The molecular formula is C15H13NO5S. The average molecular weight is 319 g/mol. The molecule has 22 heavy (non-hydrogen) atoms. The summed E-state index contributed by atoms with van der Waals surface area (Å²) in [5.74, 6) is -1.21. The molecule has 114 valence electrons. The smallest absolute Gasteiger partial charge is 0.345 e. The summed E-state index contributed by atoms with van der Waals surface area (Å²) in [7, 11) is 0. The maximum absolute atomic E-state index is 12.0. The largest absolute Gasteiger partial charge is 0.453 e. The van der Waals surface area contributed by atoms with Gasteiger partial charge < -0.3 is 4.74 Å². The Balaban J connectivity index is 2.12. The maximum Gasteiger partial charge on any atom is 0.345 e. The van der Waals surface area contributed by atoms with Gasteiger partial charge >= 0.3 is 5.97 Å². The number of nitro benzene ring substituents is 1. The number of esters is 1. The van der Waals surface area contributed by atoms with Crippen molar-refractivity contribution in [2.45, 2.75) is 13.8 Å². The maximum atomic E-state index is 12.0. The van der Waals surface area contributed by atoms with Crippen molar-refractivity contribution in [1.82, 2.24) is 0 Å². The number of nitro groups is 1. The first kappa shape index (κ1) is 15.8. The van der Waals surface area contributed by atoms with Gasteiger partial charge in [-0.3, -0.25) is 14.9 Å². The molecule has 0 unspecified atom stereocenters. The zero-order chi connectivity index (χ0) is 16.3. The number of thiophene rings is 1. The molecule has 0 N–H and O–H groups in total. The third kappa shape index (κ3) is 3.37. The Morgan fingerprint density at radius 3 is 2.55 bits per heavy atom. The van der Waals surface area contributed by atoms with Crippen molar-refractivity contribution in [3.05, 3.63) is 61.3 Å². The quantitative estimate of drug-likeness (QED) is 0.365. The Labute approximate surface area is 130 Å². The van der Waals surface area contributed by atoms with E-state index in [1.807, 2.05) is 6.92 Å². The summed E-state index contributed by atoms with van der Waals surface area (Å²) in [4.78, 5) is 35.7. The Bertz CT molecular complexity index is 750. The number of carbonyl (C=O) groups excluding carboxylic acids is 2. The number of rotatable bonds is 5. The zero-order valence-electron chi connectivity index (χ0n) is 12.0. The molecule has 0 amide bonds. The molecule has 7 heteroatoms. The third-order valence-electron chi connectivity index (χ3n) is 2.99. The van der Waals surface area contributed by atoms with Crippen LogP contribution in [-0.4, -0.2) is 23.3 Å². The van der Waals surface area contributed by atoms with Crippen molar-refractivity contribution in [3.8, 4) is 0 Å². The van der Waals surface area contributed by atoms with Gasteiger partial charge in [0.25, 0.3) is 5.69 Å². The van der Waals surface area contributed by atoms with Gasteiger partial charge in [0.1, 0.15) is 5.56 Å².